The Morgan fingerprint density at radius 3 is 2.43 bits per heavy atom. The van der Waals surface area contributed by atoms with E-state index in [0.29, 0.717) is 37.6 Å². The number of carbonyl (C=O) groups excluding carboxylic acids is 1. The molecule has 7 nitrogen and oxygen atoms in total. The quantitative estimate of drug-likeness (QED) is 0.632. The second-order valence-corrected chi connectivity index (χ2v) is 10.2. The Bertz CT molecular complexity index is 1020. The molecule has 0 unspecified atom stereocenters. The van der Waals surface area contributed by atoms with E-state index in [1.807, 2.05) is 13.0 Å². The summed E-state index contributed by atoms with van der Waals surface area (Å²) in [6, 6.07) is 10.3. The summed E-state index contributed by atoms with van der Waals surface area (Å²) < 4.78 is 43.8. The first kappa shape index (κ1) is 23.8. The zero-order valence-electron chi connectivity index (χ0n) is 19.7. The molecule has 3 heterocycles. The van der Waals surface area contributed by atoms with Crippen molar-refractivity contribution in [3.63, 3.8) is 0 Å². The smallest absolute Gasteiger partial charge is 0.419 e. The Hall–Kier alpha value is -2.88. The van der Waals surface area contributed by atoms with Crippen molar-refractivity contribution in [2.24, 2.45) is 11.3 Å². The first-order valence-corrected chi connectivity index (χ1v) is 12.0. The lowest BCUT2D eigenvalue weighted by Crippen LogP contribution is -2.62. The molecular weight excluding hydrogens is 459 g/mol. The Kier molecular flexibility index (Phi) is 6.33. The fraction of sp³-hybridized carbons (Fsp3) is 0.560. The number of aromatic nitrogens is 2. The highest BCUT2D eigenvalue weighted by molar-refractivity contribution is 5.68. The van der Waals surface area contributed by atoms with Crippen LogP contribution in [0.4, 0.5) is 23.9 Å². The maximum Gasteiger partial charge on any atom is 0.419 e. The van der Waals surface area contributed by atoms with E-state index < -0.39 is 11.7 Å². The van der Waals surface area contributed by atoms with E-state index in [9.17, 15) is 18.0 Å². The molecule has 2 aliphatic heterocycles. The summed E-state index contributed by atoms with van der Waals surface area (Å²) >= 11 is 0. The van der Waals surface area contributed by atoms with Crippen molar-refractivity contribution < 1.29 is 22.7 Å². The monoisotopic (exact) mass is 489 g/mol. The van der Waals surface area contributed by atoms with Crippen LogP contribution in [0.15, 0.2) is 42.7 Å². The molecule has 0 radical (unpaired) electrons. The highest BCUT2D eigenvalue weighted by atomic mass is 19.4. The van der Waals surface area contributed by atoms with Crippen molar-refractivity contribution >= 4 is 12.0 Å². The maximum atomic E-state index is 12.7. The molecular formula is C25H30F3N5O2. The summed E-state index contributed by atoms with van der Waals surface area (Å²) in [4.78, 5) is 26.3. The number of anilines is 1. The molecule has 1 aromatic carbocycles. The van der Waals surface area contributed by atoms with Crippen LogP contribution >= 0.6 is 0 Å². The third-order valence-electron chi connectivity index (χ3n) is 7.36. The summed E-state index contributed by atoms with van der Waals surface area (Å²) in [5.41, 5.74) is 0.859. The van der Waals surface area contributed by atoms with Crippen molar-refractivity contribution in [1.82, 2.24) is 19.8 Å². The van der Waals surface area contributed by atoms with Gasteiger partial charge in [0.2, 0.25) is 5.95 Å². The summed E-state index contributed by atoms with van der Waals surface area (Å²) in [5, 5.41) is 0. The predicted molar refractivity (Wildman–Crippen MR) is 124 cm³/mol. The number of halogens is 3. The van der Waals surface area contributed by atoms with Gasteiger partial charge in [-0.15, -0.1) is 0 Å². The lowest BCUT2D eigenvalue weighted by Gasteiger charge is -2.59. The zero-order valence-corrected chi connectivity index (χ0v) is 19.7. The molecule has 1 aliphatic carbocycles. The first-order valence-electron chi connectivity index (χ1n) is 12.0. The Labute approximate surface area is 202 Å². The predicted octanol–water partition coefficient (Wildman–Crippen LogP) is 4.05. The van der Waals surface area contributed by atoms with Gasteiger partial charge in [0.15, 0.2) is 0 Å². The van der Waals surface area contributed by atoms with Gasteiger partial charge in [0.05, 0.1) is 12.2 Å². The van der Waals surface area contributed by atoms with E-state index in [4.69, 9.17) is 4.74 Å². The van der Waals surface area contributed by atoms with Crippen molar-refractivity contribution in [1.29, 1.82) is 0 Å². The first-order chi connectivity index (χ1) is 16.7. The summed E-state index contributed by atoms with van der Waals surface area (Å²) in [5.74, 6) is 0.648. The van der Waals surface area contributed by atoms with Crippen LogP contribution < -0.4 is 4.90 Å². The average Bonchev–Trinajstić information content (AvgIpc) is 2.79. The molecule has 1 saturated carbocycles. The molecule has 3 fully saturated rings. The zero-order chi connectivity index (χ0) is 24.6. The van der Waals surface area contributed by atoms with Crippen molar-refractivity contribution in [3.05, 3.63) is 53.9 Å². The van der Waals surface area contributed by atoms with Gasteiger partial charge in [-0.05, 0) is 36.7 Å². The van der Waals surface area contributed by atoms with Gasteiger partial charge in [0.1, 0.15) is 0 Å². The van der Waals surface area contributed by atoms with Gasteiger partial charge in [-0.2, -0.15) is 13.2 Å². The van der Waals surface area contributed by atoms with Gasteiger partial charge in [0.25, 0.3) is 0 Å². The largest absolute Gasteiger partial charge is 0.449 e. The van der Waals surface area contributed by atoms with Crippen LogP contribution in [-0.4, -0.2) is 71.2 Å². The number of benzene rings is 1. The van der Waals surface area contributed by atoms with E-state index in [0.717, 1.165) is 44.9 Å². The molecule has 2 saturated heterocycles. The lowest BCUT2D eigenvalue weighted by molar-refractivity contribution is -0.138. The van der Waals surface area contributed by atoms with Gasteiger partial charge in [-0.1, -0.05) is 30.3 Å². The van der Waals surface area contributed by atoms with Crippen LogP contribution in [0.1, 0.15) is 30.9 Å². The number of amides is 1. The van der Waals surface area contributed by atoms with Gasteiger partial charge >= 0.3 is 12.3 Å². The van der Waals surface area contributed by atoms with Crippen LogP contribution in [0.3, 0.4) is 0 Å². The summed E-state index contributed by atoms with van der Waals surface area (Å²) in [7, 11) is 0. The van der Waals surface area contributed by atoms with Crippen LogP contribution in [0.25, 0.3) is 0 Å². The highest BCUT2D eigenvalue weighted by Crippen LogP contribution is 2.52. The molecule has 1 atom stereocenters. The number of likely N-dealkylation sites (tertiary alicyclic amines) is 1. The van der Waals surface area contributed by atoms with Crippen LogP contribution in [0.5, 0.6) is 0 Å². The standard InChI is InChI=1S/C25H30F3N5O2/c1-18-13-32(22-29-11-21(12-30-22)25(26,27)28)7-8-33(18)23(34)35-15-20-9-24(10-20)16-31(17-24)14-19-5-3-2-4-6-19/h2-6,11-12,18,20H,7-10,13-17H2,1H3/t18-/m1/s1. The van der Waals surface area contributed by atoms with Crippen molar-refractivity contribution in [3.8, 4) is 0 Å². The second-order valence-electron chi connectivity index (χ2n) is 10.2. The molecule has 0 N–H and O–H groups in total. The molecule has 188 valence electrons. The third kappa shape index (κ3) is 5.22. The van der Waals surface area contributed by atoms with E-state index in [-0.39, 0.29) is 18.1 Å². The van der Waals surface area contributed by atoms with Crippen LogP contribution in [0, 0.1) is 11.3 Å². The summed E-state index contributed by atoms with van der Waals surface area (Å²) in [6.07, 6.45) is -1.01. The number of rotatable bonds is 5. The normalized spacial score (nSPS) is 22.6. The number of hydrogen-bond donors (Lipinski definition) is 0. The van der Waals surface area contributed by atoms with Gasteiger partial charge in [0, 0.05) is 57.7 Å². The Morgan fingerprint density at radius 1 is 1.11 bits per heavy atom. The minimum atomic E-state index is -4.46. The van der Waals surface area contributed by atoms with Gasteiger partial charge in [-0.3, -0.25) is 4.90 Å². The Balaban J connectivity index is 1.02. The molecule has 2 aromatic rings. The van der Waals surface area contributed by atoms with Gasteiger partial charge in [-0.25, -0.2) is 14.8 Å². The number of ether oxygens (including phenoxy) is 1. The SMILES string of the molecule is C[C@@H]1CN(c2ncc(C(F)(F)F)cn2)CCN1C(=O)OCC1CC2(C1)CN(Cc1ccccc1)C2. The maximum absolute atomic E-state index is 12.7. The number of carbonyl (C=O) groups is 1. The highest BCUT2D eigenvalue weighted by Gasteiger charge is 2.52. The molecule has 1 aromatic heterocycles. The van der Waals surface area contributed by atoms with Crippen molar-refractivity contribution in [2.45, 2.75) is 38.5 Å². The second kappa shape index (κ2) is 9.29. The van der Waals surface area contributed by atoms with Gasteiger partial charge < -0.3 is 14.5 Å². The minimum absolute atomic E-state index is 0.159. The number of hydrogen-bond acceptors (Lipinski definition) is 6. The van der Waals surface area contributed by atoms with E-state index >= 15 is 0 Å². The molecule has 1 spiro atoms. The minimum Gasteiger partial charge on any atom is -0.449 e. The third-order valence-corrected chi connectivity index (χ3v) is 7.36. The van der Waals surface area contributed by atoms with E-state index in [1.54, 1.807) is 9.80 Å². The molecule has 5 rings (SSSR count). The van der Waals surface area contributed by atoms with Crippen LogP contribution in [0.2, 0.25) is 0 Å². The van der Waals surface area contributed by atoms with Crippen LogP contribution in [-0.2, 0) is 17.5 Å². The topological polar surface area (TPSA) is 61.8 Å². The molecule has 35 heavy (non-hydrogen) atoms. The molecule has 10 heteroatoms. The molecule has 1 amide bonds. The van der Waals surface area contributed by atoms with E-state index in [2.05, 4.69) is 39.1 Å². The molecule has 3 aliphatic rings. The summed E-state index contributed by atoms with van der Waals surface area (Å²) in [6.45, 7) is 6.82. The average molecular weight is 490 g/mol. The fourth-order valence-electron chi connectivity index (χ4n) is 5.71. The fourth-order valence-corrected chi connectivity index (χ4v) is 5.71. The Morgan fingerprint density at radius 2 is 1.80 bits per heavy atom. The number of piperazine rings is 1. The van der Waals surface area contributed by atoms with Crippen molar-refractivity contribution in [2.75, 3.05) is 44.2 Å². The van der Waals surface area contributed by atoms with E-state index in [1.165, 1.54) is 5.56 Å². The number of alkyl halides is 3. The number of nitrogens with zero attached hydrogens (tertiary/aromatic N) is 5. The molecule has 0 bridgehead atoms. The lowest BCUT2D eigenvalue weighted by atomic mass is 9.58.